The molecule has 128 valence electrons. The second-order valence-corrected chi connectivity index (χ2v) is 7.88. The van der Waals surface area contributed by atoms with Crippen LogP contribution in [0.3, 0.4) is 0 Å². The van der Waals surface area contributed by atoms with E-state index in [1.807, 2.05) is 24.3 Å². The lowest BCUT2D eigenvalue weighted by atomic mass is 9.90. The molecule has 4 rings (SSSR count). The molecule has 0 unspecified atom stereocenters. The first kappa shape index (κ1) is 16.8. The number of methoxy groups -OCH3 is 1. The molecular weight excluding hydrogens is 448 g/mol. The molecule has 1 aromatic heterocycles. The van der Waals surface area contributed by atoms with Crippen LogP contribution in [0.1, 0.15) is 22.9 Å². The molecule has 0 bridgehead atoms. The maximum absolute atomic E-state index is 12.2. The van der Waals surface area contributed by atoms with Crippen molar-refractivity contribution in [3.63, 3.8) is 0 Å². The van der Waals surface area contributed by atoms with Crippen molar-refractivity contribution in [1.29, 1.82) is 0 Å². The molecule has 2 heterocycles. The maximum atomic E-state index is 12.2. The number of rotatable bonds is 2. The molecule has 25 heavy (non-hydrogen) atoms. The highest BCUT2D eigenvalue weighted by molar-refractivity contribution is 9.11. The van der Waals surface area contributed by atoms with Crippen LogP contribution in [0.25, 0.3) is 10.9 Å². The van der Waals surface area contributed by atoms with Crippen LogP contribution in [-0.2, 0) is 16.0 Å². The normalized spacial score (nSPS) is 19.6. The van der Waals surface area contributed by atoms with Crippen molar-refractivity contribution < 1.29 is 9.53 Å². The monoisotopic (exact) mass is 462 g/mol. The number of halogens is 2. The third-order valence-electron chi connectivity index (χ3n) is 4.67. The standard InChI is InChI=1S/C19H16Br2N2O2/c1-25-19(24)16-9-13-11-4-2-3-5-15(11)22-18(13)17(23-16)12-7-6-10(20)8-14(12)21/h2-8,16-17,22-23H,9H2,1H3/t16-,17+/m0/s1. The van der Waals surface area contributed by atoms with E-state index in [-0.39, 0.29) is 18.1 Å². The fourth-order valence-corrected chi connectivity index (χ4v) is 4.79. The first-order valence-electron chi connectivity index (χ1n) is 7.97. The summed E-state index contributed by atoms with van der Waals surface area (Å²) in [4.78, 5) is 15.8. The number of aromatic amines is 1. The third kappa shape index (κ3) is 2.92. The van der Waals surface area contributed by atoms with Gasteiger partial charge in [-0.15, -0.1) is 0 Å². The second kappa shape index (κ2) is 6.59. The van der Waals surface area contributed by atoms with Crippen molar-refractivity contribution in [2.45, 2.75) is 18.5 Å². The van der Waals surface area contributed by atoms with Crippen LogP contribution in [0.15, 0.2) is 51.4 Å². The lowest BCUT2D eigenvalue weighted by Crippen LogP contribution is -2.45. The van der Waals surface area contributed by atoms with Crippen LogP contribution in [0, 0.1) is 0 Å². The molecule has 2 atom stereocenters. The number of esters is 1. The lowest BCUT2D eigenvalue weighted by molar-refractivity contribution is -0.143. The zero-order valence-corrected chi connectivity index (χ0v) is 16.6. The van der Waals surface area contributed by atoms with Gasteiger partial charge < -0.3 is 9.72 Å². The maximum Gasteiger partial charge on any atom is 0.323 e. The zero-order valence-electron chi connectivity index (χ0n) is 13.5. The van der Waals surface area contributed by atoms with Gasteiger partial charge in [0.25, 0.3) is 0 Å². The molecule has 0 amide bonds. The molecule has 6 heteroatoms. The number of carbonyl (C=O) groups excluding carboxylic acids is 1. The number of hydrogen-bond donors (Lipinski definition) is 2. The van der Waals surface area contributed by atoms with E-state index in [1.165, 1.54) is 12.7 Å². The molecule has 3 aromatic rings. The first-order valence-corrected chi connectivity index (χ1v) is 9.55. The fraction of sp³-hybridized carbons (Fsp3) is 0.211. The largest absolute Gasteiger partial charge is 0.468 e. The zero-order chi connectivity index (χ0) is 17.6. The van der Waals surface area contributed by atoms with Crippen LogP contribution in [0.5, 0.6) is 0 Å². The number of H-pyrrole nitrogens is 1. The number of carbonyl (C=O) groups is 1. The van der Waals surface area contributed by atoms with E-state index in [4.69, 9.17) is 4.74 Å². The van der Waals surface area contributed by atoms with Crippen molar-refractivity contribution in [2.75, 3.05) is 7.11 Å². The minimum Gasteiger partial charge on any atom is -0.468 e. The average Bonchev–Trinajstić information content (AvgIpc) is 2.99. The van der Waals surface area contributed by atoms with Gasteiger partial charge in [0.2, 0.25) is 0 Å². The minimum absolute atomic E-state index is 0.122. The highest BCUT2D eigenvalue weighted by Gasteiger charge is 2.35. The molecule has 2 N–H and O–H groups in total. The van der Waals surface area contributed by atoms with Crippen molar-refractivity contribution in [3.05, 3.63) is 68.2 Å². The van der Waals surface area contributed by atoms with Crippen molar-refractivity contribution in [1.82, 2.24) is 10.3 Å². The van der Waals surface area contributed by atoms with Crippen LogP contribution >= 0.6 is 31.9 Å². The Bertz CT molecular complexity index is 967. The highest BCUT2D eigenvalue weighted by atomic mass is 79.9. The molecule has 2 aromatic carbocycles. The van der Waals surface area contributed by atoms with Gasteiger partial charge >= 0.3 is 5.97 Å². The summed E-state index contributed by atoms with van der Waals surface area (Å²) in [6.45, 7) is 0. The molecular formula is C19H16Br2N2O2. The summed E-state index contributed by atoms with van der Waals surface area (Å²) in [5.74, 6) is -0.242. The molecule has 0 saturated carbocycles. The number of hydrogen-bond acceptors (Lipinski definition) is 3. The Hall–Kier alpha value is -1.63. The Morgan fingerprint density at radius 1 is 1.20 bits per heavy atom. The molecule has 1 aliphatic rings. The van der Waals surface area contributed by atoms with E-state index in [9.17, 15) is 4.79 Å². The molecule has 4 nitrogen and oxygen atoms in total. The van der Waals surface area contributed by atoms with E-state index in [1.54, 1.807) is 0 Å². The molecule has 0 saturated heterocycles. The summed E-state index contributed by atoms with van der Waals surface area (Å²) in [7, 11) is 1.43. The van der Waals surface area contributed by atoms with Gasteiger partial charge in [-0.05, 0) is 29.3 Å². The molecule has 0 spiro atoms. The van der Waals surface area contributed by atoms with Crippen molar-refractivity contribution in [2.24, 2.45) is 0 Å². The summed E-state index contributed by atoms with van der Waals surface area (Å²) in [5.41, 5.74) is 4.43. The van der Waals surface area contributed by atoms with Crippen LogP contribution in [-0.4, -0.2) is 24.1 Å². The predicted molar refractivity (Wildman–Crippen MR) is 105 cm³/mol. The number of benzene rings is 2. The third-order valence-corrected chi connectivity index (χ3v) is 5.85. The Balaban J connectivity index is 1.90. The van der Waals surface area contributed by atoms with Gasteiger partial charge in [0.1, 0.15) is 6.04 Å². The summed E-state index contributed by atoms with van der Waals surface area (Å²) in [6, 6.07) is 13.8. The fourth-order valence-electron chi connectivity index (χ4n) is 3.51. The van der Waals surface area contributed by atoms with Crippen molar-refractivity contribution >= 4 is 48.7 Å². The smallest absolute Gasteiger partial charge is 0.323 e. The van der Waals surface area contributed by atoms with Gasteiger partial charge in [-0.1, -0.05) is 56.1 Å². The minimum atomic E-state index is -0.378. The van der Waals surface area contributed by atoms with Gasteiger partial charge in [0.15, 0.2) is 0 Å². The van der Waals surface area contributed by atoms with E-state index < -0.39 is 0 Å². The summed E-state index contributed by atoms with van der Waals surface area (Å²) >= 11 is 7.15. The molecule has 0 radical (unpaired) electrons. The number of para-hydroxylation sites is 1. The van der Waals surface area contributed by atoms with E-state index in [2.05, 4.69) is 60.4 Å². The Morgan fingerprint density at radius 2 is 2.00 bits per heavy atom. The molecule has 0 fully saturated rings. The van der Waals surface area contributed by atoms with Gasteiger partial charge in [-0.2, -0.15) is 0 Å². The van der Waals surface area contributed by atoms with Crippen LogP contribution < -0.4 is 5.32 Å². The predicted octanol–water partition coefficient (Wildman–Crippen LogP) is 4.47. The second-order valence-electron chi connectivity index (χ2n) is 6.11. The number of nitrogens with one attached hydrogen (secondary N) is 2. The molecule has 1 aliphatic heterocycles. The lowest BCUT2D eigenvalue weighted by Gasteiger charge is -2.30. The topological polar surface area (TPSA) is 54.1 Å². The Morgan fingerprint density at radius 3 is 2.76 bits per heavy atom. The average molecular weight is 464 g/mol. The van der Waals surface area contributed by atoms with Crippen molar-refractivity contribution in [3.8, 4) is 0 Å². The van der Waals surface area contributed by atoms with E-state index in [0.717, 1.165) is 31.1 Å². The first-order chi connectivity index (χ1) is 12.1. The van der Waals surface area contributed by atoms with Gasteiger partial charge in [-0.25, -0.2) is 0 Å². The summed E-state index contributed by atoms with van der Waals surface area (Å²) < 4.78 is 6.98. The highest BCUT2D eigenvalue weighted by Crippen LogP contribution is 2.38. The van der Waals surface area contributed by atoms with Gasteiger partial charge in [0.05, 0.1) is 13.2 Å². The van der Waals surface area contributed by atoms with Gasteiger partial charge in [-0.3, -0.25) is 10.1 Å². The van der Waals surface area contributed by atoms with Crippen LogP contribution in [0.2, 0.25) is 0 Å². The Kier molecular flexibility index (Phi) is 4.43. The quantitative estimate of drug-likeness (QED) is 0.551. The number of ether oxygens (including phenoxy) is 1. The molecule has 0 aliphatic carbocycles. The van der Waals surface area contributed by atoms with E-state index in [0.29, 0.717) is 6.42 Å². The number of aromatic nitrogens is 1. The number of fused-ring (bicyclic) bond motifs is 3. The SMILES string of the molecule is COC(=O)[C@@H]1Cc2c([nH]c3ccccc23)[C@@H](c2ccc(Br)cc2Br)N1. The van der Waals surface area contributed by atoms with Crippen LogP contribution in [0.4, 0.5) is 0 Å². The summed E-state index contributed by atoms with van der Waals surface area (Å²) in [6.07, 6.45) is 0.608. The Labute approximate surface area is 162 Å². The van der Waals surface area contributed by atoms with Gasteiger partial charge in [0, 0.05) is 32.0 Å². The van der Waals surface area contributed by atoms with E-state index >= 15 is 0 Å². The summed E-state index contributed by atoms with van der Waals surface area (Å²) in [5, 5.41) is 4.61.